The summed E-state index contributed by atoms with van der Waals surface area (Å²) in [6, 6.07) is 0.662. The van der Waals surface area contributed by atoms with Gasteiger partial charge in [0.1, 0.15) is 6.33 Å². The number of carbonyl (C=O) groups is 1. The first-order chi connectivity index (χ1) is 9.28. The summed E-state index contributed by atoms with van der Waals surface area (Å²) in [5, 5.41) is 20.2. The van der Waals surface area contributed by atoms with Crippen LogP contribution in [-0.4, -0.2) is 54.8 Å². The van der Waals surface area contributed by atoms with E-state index < -0.39 is 0 Å². The van der Waals surface area contributed by atoms with Crippen LogP contribution in [0.5, 0.6) is 0 Å². The zero-order valence-electron chi connectivity index (χ0n) is 10.9. The SMILES string of the molecule is O=C(CCn1cnnn1)N1[C@@H]2CC[C@H]1CC(CO)C2. The van der Waals surface area contributed by atoms with Crippen molar-refractivity contribution in [2.45, 2.75) is 50.7 Å². The fourth-order valence-corrected chi connectivity index (χ4v) is 3.47. The predicted octanol–water partition coefficient (Wildman–Crippen LogP) is -0.175. The lowest BCUT2D eigenvalue weighted by Crippen LogP contribution is -2.47. The molecule has 1 N–H and O–H groups in total. The number of aliphatic hydroxyl groups excluding tert-OH is 1. The summed E-state index contributed by atoms with van der Waals surface area (Å²) in [7, 11) is 0. The lowest BCUT2D eigenvalue weighted by Gasteiger charge is -2.38. The van der Waals surface area contributed by atoms with Gasteiger partial charge >= 0.3 is 0 Å². The Labute approximate surface area is 111 Å². The zero-order valence-corrected chi connectivity index (χ0v) is 10.9. The Morgan fingerprint density at radius 3 is 2.63 bits per heavy atom. The molecule has 7 nitrogen and oxygen atoms in total. The summed E-state index contributed by atoms with van der Waals surface area (Å²) in [6.07, 6.45) is 6.03. The van der Waals surface area contributed by atoms with Crippen molar-refractivity contribution in [1.82, 2.24) is 25.1 Å². The van der Waals surface area contributed by atoms with Gasteiger partial charge in [0.05, 0.1) is 6.54 Å². The highest BCUT2D eigenvalue weighted by Gasteiger charge is 2.42. The molecule has 0 radical (unpaired) electrons. The number of aliphatic hydroxyl groups is 1. The molecular weight excluding hydrogens is 246 g/mol. The van der Waals surface area contributed by atoms with Crippen molar-refractivity contribution >= 4 is 5.91 Å². The zero-order chi connectivity index (χ0) is 13.2. The minimum Gasteiger partial charge on any atom is -0.396 e. The largest absolute Gasteiger partial charge is 0.396 e. The Bertz CT molecular complexity index is 421. The third-order valence-electron chi connectivity index (χ3n) is 4.32. The maximum Gasteiger partial charge on any atom is 0.224 e. The van der Waals surface area contributed by atoms with Crippen LogP contribution >= 0.6 is 0 Å². The molecule has 7 heteroatoms. The molecule has 3 heterocycles. The second kappa shape index (κ2) is 5.24. The van der Waals surface area contributed by atoms with E-state index in [1.807, 2.05) is 0 Å². The van der Waals surface area contributed by atoms with Crippen molar-refractivity contribution in [2.24, 2.45) is 5.92 Å². The molecule has 0 aliphatic carbocycles. The monoisotopic (exact) mass is 265 g/mol. The van der Waals surface area contributed by atoms with Crippen molar-refractivity contribution < 1.29 is 9.90 Å². The van der Waals surface area contributed by atoms with Crippen molar-refractivity contribution in [2.75, 3.05) is 6.61 Å². The van der Waals surface area contributed by atoms with Gasteiger partial charge < -0.3 is 10.0 Å². The van der Waals surface area contributed by atoms with Crippen LogP contribution in [0.25, 0.3) is 0 Å². The van der Waals surface area contributed by atoms with Crippen molar-refractivity contribution in [3.8, 4) is 0 Å². The van der Waals surface area contributed by atoms with E-state index in [9.17, 15) is 9.90 Å². The highest BCUT2D eigenvalue weighted by molar-refractivity contribution is 5.77. The molecule has 2 bridgehead atoms. The molecule has 1 aromatic rings. The second-order valence-corrected chi connectivity index (χ2v) is 5.53. The molecule has 1 unspecified atom stereocenters. The summed E-state index contributed by atoms with van der Waals surface area (Å²) in [4.78, 5) is 14.4. The lowest BCUT2D eigenvalue weighted by molar-refractivity contribution is -0.137. The van der Waals surface area contributed by atoms with Crippen LogP contribution in [0.2, 0.25) is 0 Å². The van der Waals surface area contributed by atoms with E-state index in [2.05, 4.69) is 20.4 Å². The standard InChI is InChI=1S/C12H19N5O2/c18-7-9-5-10-1-2-11(6-9)17(10)12(19)3-4-16-8-13-14-15-16/h8-11,18H,1-7H2/t9?,10-,11+. The molecule has 1 aromatic heterocycles. The van der Waals surface area contributed by atoms with Gasteiger partial charge in [-0.05, 0) is 42.0 Å². The second-order valence-electron chi connectivity index (χ2n) is 5.53. The lowest BCUT2D eigenvalue weighted by atomic mass is 9.91. The predicted molar refractivity (Wildman–Crippen MR) is 65.9 cm³/mol. The van der Waals surface area contributed by atoms with Crippen LogP contribution in [-0.2, 0) is 11.3 Å². The van der Waals surface area contributed by atoms with Gasteiger partial charge in [-0.1, -0.05) is 0 Å². The molecule has 19 heavy (non-hydrogen) atoms. The molecule has 2 aliphatic heterocycles. The van der Waals surface area contributed by atoms with Crippen LogP contribution in [0.1, 0.15) is 32.1 Å². The first-order valence-electron chi connectivity index (χ1n) is 6.90. The number of amides is 1. The van der Waals surface area contributed by atoms with E-state index >= 15 is 0 Å². The first-order valence-corrected chi connectivity index (χ1v) is 6.90. The van der Waals surface area contributed by atoms with Crippen LogP contribution in [0.4, 0.5) is 0 Å². The van der Waals surface area contributed by atoms with Crippen LogP contribution in [0.3, 0.4) is 0 Å². The quantitative estimate of drug-likeness (QED) is 0.816. The Morgan fingerprint density at radius 2 is 2.05 bits per heavy atom. The van der Waals surface area contributed by atoms with Gasteiger partial charge in [0.25, 0.3) is 0 Å². The number of aromatic nitrogens is 4. The van der Waals surface area contributed by atoms with Crippen LogP contribution in [0.15, 0.2) is 6.33 Å². The van der Waals surface area contributed by atoms with Gasteiger partial charge in [0.2, 0.25) is 5.91 Å². The smallest absolute Gasteiger partial charge is 0.224 e. The van der Waals surface area contributed by atoms with E-state index in [0.717, 1.165) is 25.7 Å². The topological polar surface area (TPSA) is 84.1 Å². The van der Waals surface area contributed by atoms with Crippen LogP contribution < -0.4 is 0 Å². The fraction of sp³-hybridized carbons (Fsp3) is 0.833. The number of piperidine rings is 1. The molecule has 104 valence electrons. The van der Waals surface area contributed by atoms with E-state index in [0.29, 0.717) is 31.0 Å². The molecule has 0 aromatic carbocycles. The fourth-order valence-electron chi connectivity index (χ4n) is 3.47. The normalized spacial score (nSPS) is 29.7. The molecule has 2 aliphatic rings. The van der Waals surface area contributed by atoms with E-state index in [1.165, 1.54) is 6.33 Å². The van der Waals surface area contributed by atoms with Crippen LogP contribution in [0, 0.1) is 5.92 Å². The number of tetrazole rings is 1. The third kappa shape index (κ3) is 2.47. The van der Waals surface area contributed by atoms with E-state index in [-0.39, 0.29) is 12.5 Å². The number of aryl methyl sites for hydroxylation is 1. The molecule has 2 fully saturated rings. The van der Waals surface area contributed by atoms with Gasteiger partial charge in [-0.25, -0.2) is 4.68 Å². The summed E-state index contributed by atoms with van der Waals surface area (Å²) >= 11 is 0. The minimum absolute atomic E-state index is 0.194. The number of carbonyl (C=O) groups excluding carboxylic acids is 1. The number of fused-ring (bicyclic) bond motifs is 2. The Hall–Kier alpha value is -1.50. The van der Waals surface area contributed by atoms with E-state index in [1.54, 1.807) is 4.68 Å². The molecule has 2 saturated heterocycles. The molecule has 0 spiro atoms. The summed E-state index contributed by atoms with van der Waals surface area (Å²) in [5.41, 5.74) is 0. The van der Waals surface area contributed by atoms with E-state index in [4.69, 9.17) is 0 Å². The number of hydrogen-bond donors (Lipinski definition) is 1. The van der Waals surface area contributed by atoms with Gasteiger partial charge in [-0.2, -0.15) is 0 Å². The highest BCUT2D eigenvalue weighted by atomic mass is 16.3. The number of nitrogens with zero attached hydrogens (tertiary/aromatic N) is 5. The summed E-state index contributed by atoms with van der Waals surface area (Å²) < 4.78 is 1.58. The molecular formula is C12H19N5O2. The maximum absolute atomic E-state index is 12.3. The Balaban J connectivity index is 1.58. The van der Waals surface area contributed by atoms with Gasteiger partial charge in [-0.3, -0.25) is 4.79 Å². The average molecular weight is 265 g/mol. The minimum atomic E-state index is 0.194. The number of hydrogen-bond acceptors (Lipinski definition) is 5. The molecule has 3 rings (SSSR count). The summed E-state index contributed by atoms with van der Waals surface area (Å²) in [6.45, 7) is 0.783. The third-order valence-corrected chi connectivity index (χ3v) is 4.32. The van der Waals surface area contributed by atoms with Crippen molar-refractivity contribution in [3.05, 3.63) is 6.33 Å². The van der Waals surface area contributed by atoms with Crippen molar-refractivity contribution in [3.63, 3.8) is 0 Å². The Kier molecular flexibility index (Phi) is 3.46. The average Bonchev–Trinajstić information content (AvgIpc) is 3.02. The van der Waals surface area contributed by atoms with Crippen molar-refractivity contribution in [1.29, 1.82) is 0 Å². The van der Waals surface area contributed by atoms with Gasteiger partial charge in [0.15, 0.2) is 0 Å². The highest BCUT2D eigenvalue weighted by Crippen LogP contribution is 2.38. The van der Waals surface area contributed by atoms with Gasteiger partial charge in [-0.15, -0.1) is 5.10 Å². The van der Waals surface area contributed by atoms with Gasteiger partial charge in [0, 0.05) is 25.1 Å². The molecule has 1 amide bonds. The maximum atomic E-state index is 12.3. The molecule has 3 atom stereocenters. The first kappa shape index (κ1) is 12.5. The Morgan fingerprint density at radius 1 is 1.32 bits per heavy atom. The summed E-state index contributed by atoms with van der Waals surface area (Å²) in [5.74, 6) is 0.570. The number of rotatable bonds is 4. The molecule has 0 saturated carbocycles.